The van der Waals surface area contributed by atoms with Gasteiger partial charge in [0.15, 0.2) is 5.78 Å². The number of rotatable bonds is 5. The summed E-state index contributed by atoms with van der Waals surface area (Å²) in [6.07, 6.45) is -5.21. The fourth-order valence-electron chi connectivity index (χ4n) is 0.577. The maximum absolute atomic E-state index is 10.7. The van der Waals surface area contributed by atoms with Crippen LogP contribution in [0.2, 0.25) is 0 Å². The first-order chi connectivity index (χ1) is 5.54. The van der Waals surface area contributed by atoms with Crippen LogP contribution in [-0.2, 0) is 4.79 Å². The van der Waals surface area contributed by atoms with E-state index in [0.29, 0.717) is 0 Å². The molecule has 6 nitrogen and oxygen atoms in total. The summed E-state index contributed by atoms with van der Waals surface area (Å²) < 4.78 is 0. The van der Waals surface area contributed by atoms with E-state index in [1.54, 1.807) is 0 Å². The van der Waals surface area contributed by atoms with E-state index in [4.69, 9.17) is 25.5 Å². The number of aliphatic hydroxyl groups is 5. The summed E-state index contributed by atoms with van der Waals surface area (Å²) in [5.41, 5.74) is 0. The van der Waals surface area contributed by atoms with Crippen molar-refractivity contribution in [1.29, 1.82) is 0 Å². The van der Waals surface area contributed by atoms with Crippen molar-refractivity contribution < 1.29 is 30.3 Å². The van der Waals surface area contributed by atoms with Crippen LogP contribution in [-0.4, -0.2) is 62.8 Å². The highest BCUT2D eigenvalue weighted by atomic mass is 16.4. The van der Waals surface area contributed by atoms with Crippen LogP contribution in [0.3, 0.4) is 0 Å². The molecule has 0 saturated heterocycles. The third-order valence-corrected chi connectivity index (χ3v) is 1.34. The predicted octanol–water partition coefficient (Wildman–Crippen LogP) is -3.38. The van der Waals surface area contributed by atoms with Gasteiger partial charge >= 0.3 is 0 Å². The Kier molecular flexibility index (Phi) is 4.95. The molecule has 0 heterocycles. The monoisotopic (exact) mass is 180 g/mol. The third-order valence-electron chi connectivity index (χ3n) is 1.34. The Morgan fingerprint density at radius 2 is 1.58 bits per heavy atom. The predicted molar refractivity (Wildman–Crippen MR) is 37.2 cm³/mol. The molecule has 0 aromatic carbocycles. The number of carbonyl (C=O) groups is 1. The van der Waals surface area contributed by atoms with Gasteiger partial charge in [-0.1, -0.05) is 0 Å². The Labute approximate surface area is 68.7 Å². The quantitative estimate of drug-likeness (QED) is 0.301. The smallest absolute Gasteiger partial charge is 0.194 e. The number of ketones is 1. The Hall–Kier alpha value is -0.530. The van der Waals surface area contributed by atoms with Crippen LogP contribution in [0.1, 0.15) is 0 Å². The molecule has 0 bridgehead atoms. The number of Topliss-reactive ketones (excluding diaryl/α,β-unsaturated/α-hetero) is 1. The fraction of sp³-hybridized carbons (Fsp3) is 0.833. The Balaban J connectivity index is 4.09. The molecule has 0 aromatic heterocycles. The maximum atomic E-state index is 10.7. The molecule has 0 aliphatic carbocycles. The first kappa shape index (κ1) is 11.5. The van der Waals surface area contributed by atoms with Gasteiger partial charge < -0.3 is 25.5 Å². The summed E-state index contributed by atoms with van der Waals surface area (Å²) >= 11 is 0. The van der Waals surface area contributed by atoms with Crippen LogP contribution in [0.15, 0.2) is 0 Å². The first-order valence-corrected chi connectivity index (χ1v) is 3.34. The topological polar surface area (TPSA) is 118 Å². The lowest BCUT2D eigenvalue weighted by atomic mass is 10.1. The highest BCUT2D eigenvalue weighted by Crippen LogP contribution is 1.98. The van der Waals surface area contributed by atoms with Gasteiger partial charge in [0, 0.05) is 0 Å². The van der Waals surface area contributed by atoms with E-state index in [0.717, 1.165) is 0 Å². The zero-order valence-corrected chi connectivity index (χ0v) is 6.29. The minimum absolute atomic E-state index is 0.787. The van der Waals surface area contributed by atoms with Crippen LogP contribution in [0, 0.1) is 0 Å². The number of aliphatic hydroxyl groups excluding tert-OH is 5. The summed E-state index contributed by atoms with van der Waals surface area (Å²) in [4.78, 5) is 10.7. The van der Waals surface area contributed by atoms with Crippen LogP contribution < -0.4 is 0 Å². The number of hydrogen-bond acceptors (Lipinski definition) is 6. The van der Waals surface area contributed by atoms with Gasteiger partial charge in [-0.2, -0.15) is 0 Å². The average Bonchev–Trinajstić information content (AvgIpc) is 2.12. The summed E-state index contributed by atoms with van der Waals surface area (Å²) in [5, 5.41) is 42.9. The molecule has 3 atom stereocenters. The van der Waals surface area contributed by atoms with Crippen molar-refractivity contribution in [2.45, 2.75) is 18.3 Å². The molecular formula is C6H12O6. The SMILES string of the molecule is O=C([C@H](O)CO)[C@@H](O)[C@@H](O)CO. The summed E-state index contributed by atoms with van der Waals surface area (Å²) in [5.74, 6) is -1.11. The molecule has 0 aliphatic rings. The van der Waals surface area contributed by atoms with Crippen LogP contribution in [0.25, 0.3) is 0 Å². The van der Waals surface area contributed by atoms with E-state index in [2.05, 4.69) is 0 Å². The highest BCUT2D eigenvalue weighted by Gasteiger charge is 2.28. The van der Waals surface area contributed by atoms with Crippen molar-refractivity contribution in [2.24, 2.45) is 0 Å². The fourth-order valence-corrected chi connectivity index (χ4v) is 0.577. The molecule has 0 rings (SSSR count). The van der Waals surface area contributed by atoms with Gasteiger partial charge in [0.05, 0.1) is 13.2 Å². The molecule has 72 valence electrons. The number of carbonyl (C=O) groups excluding carboxylic acids is 1. The second-order valence-corrected chi connectivity index (χ2v) is 2.30. The van der Waals surface area contributed by atoms with Gasteiger partial charge in [0.2, 0.25) is 0 Å². The normalized spacial score (nSPS) is 18.4. The summed E-state index contributed by atoms with van der Waals surface area (Å²) in [7, 11) is 0. The van der Waals surface area contributed by atoms with Crippen LogP contribution >= 0.6 is 0 Å². The minimum Gasteiger partial charge on any atom is -0.394 e. The molecule has 0 amide bonds. The largest absolute Gasteiger partial charge is 0.394 e. The van der Waals surface area contributed by atoms with E-state index in [-0.39, 0.29) is 0 Å². The maximum Gasteiger partial charge on any atom is 0.194 e. The standard InChI is InChI=1S/C6H12O6/c7-1-3(9)5(11)6(12)4(10)2-8/h3-5,7-11H,1-2H2/t3-,4+,5-/m0/s1. The molecule has 0 saturated carbocycles. The second kappa shape index (κ2) is 5.18. The van der Waals surface area contributed by atoms with E-state index in [9.17, 15) is 4.79 Å². The van der Waals surface area contributed by atoms with Crippen LogP contribution in [0.5, 0.6) is 0 Å². The highest BCUT2D eigenvalue weighted by molar-refractivity contribution is 5.87. The molecule has 0 unspecified atom stereocenters. The van der Waals surface area contributed by atoms with Gasteiger partial charge in [-0.05, 0) is 0 Å². The van der Waals surface area contributed by atoms with Crippen molar-refractivity contribution in [3.63, 3.8) is 0 Å². The van der Waals surface area contributed by atoms with Gasteiger partial charge in [-0.3, -0.25) is 4.79 Å². The Morgan fingerprint density at radius 3 is 1.92 bits per heavy atom. The van der Waals surface area contributed by atoms with Gasteiger partial charge in [0.25, 0.3) is 0 Å². The van der Waals surface area contributed by atoms with Crippen LogP contribution in [0.4, 0.5) is 0 Å². The molecule has 0 aliphatic heterocycles. The summed E-state index contributed by atoms with van der Waals surface area (Å²) in [6.45, 7) is -1.61. The average molecular weight is 180 g/mol. The lowest BCUT2D eigenvalue weighted by molar-refractivity contribution is -0.144. The molecule has 0 radical (unpaired) electrons. The third kappa shape index (κ3) is 2.84. The molecular weight excluding hydrogens is 168 g/mol. The minimum atomic E-state index is -1.86. The first-order valence-electron chi connectivity index (χ1n) is 3.34. The lowest BCUT2D eigenvalue weighted by Crippen LogP contribution is -2.43. The molecule has 5 N–H and O–H groups in total. The zero-order valence-electron chi connectivity index (χ0n) is 6.29. The molecule has 0 fully saturated rings. The van der Waals surface area contributed by atoms with Crippen molar-refractivity contribution in [2.75, 3.05) is 13.2 Å². The van der Waals surface area contributed by atoms with Crippen molar-refractivity contribution >= 4 is 5.78 Å². The molecule has 0 aromatic rings. The second-order valence-electron chi connectivity index (χ2n) is 2.30. The molecule has 12 heavy (non-hydrogen) atoms. The van der Waals surface area contributed by atoms with E-state index in [1.807, 2.05) is 0 Å². The number of hydrogen-bond donors (Lipinski definition) is 5. The van der Waals surface area contributed by atoms with Crippen molar-refractivity contribution in [3.05, 3.63) is 0 Å². The Morgan fingerprint density at radius 1 is 1.08 bits per heavy atom. The van der Waals surface area contributed by atoms with Gasteiger partial charge in [0.1, 0.15) is 18.3 Å². The van der Waals surface area contributed by atoms with Crippen molar-refractivity contribution in [3.8, 4) is 0 Å². The lowest BCUT2D eigenvalue weighted by Gasteiger charge is -2.16. The van der Waals surface area contributed by atoms with E-state index >= 15 is 0 Å². The zero-order chi connectivity index (χ0) is 9.72. The molecule has 6 heteroatoms. The van der Waals surface area contributed by atoms with Crippen molar-refractivity contribution in [1.82, 2.24) is 0 Å². The van der Waals surface area contributed by atoms with E-state index in [1.165, 1.54) is 0 Å². The Bertz CT molecular complexity index is 147. The van der Waals surface area contributed by atoms with Gasteiger partial charge in [-0.15, -0.1) is 0 Å². The molecule has 0 spiro atoms. The van der Waals surface area contributed by atoms with E-state index < -0.39 is 37.3 Å². The summed E-state index contributed by atoms with van der Waals surface area (Å²) in [6, 6.07) is 0. The van der Waals surface area contributed by atoms with Gasteiger partial charge in [-0.25, -0.2) is 0 Å².